The van der Waals surface area contributed by atoms with Gasteiger partial charge in [-0.05, 0) is 67.0 Å². The Morgan fingerprint density at radius 2 is 2.12 bits per heavy atom. The lowest BCUT2D eigenvalue weighted by molar-refractivity contribution is 0.117. The van der Waals surface area contributed by atoms with Crippen LogP contribution in [0.15, 0.2) is 0 Å². The highest BCUT2D eigenvalue weighted by Crippen LogP contribution is 2.19. The highest BCUT2D eigenvalue weighted by molar-refractivity contribution is 4.84. The number of hydrogen-bond donors (Lipinski definition) is 1. The third kappa shape index (κ3) is 4.40. The topological polar surface area (TPSA) is 18.5 Å². The molecule has 0 spiro atoms. The molecule has 0 bridgehead atoms. The zero-order valence-corrected chi connectivity index (χ0v) is 11.5. The van der Waals surface area contributed by atoms with Crippen LogP contribution in [0, 0.1) is 0 Å². The number of nitrogens with one attached hydrogen (secondary N) is 1. The molecular weight excluding hydrogens is 198 g/mol. The average molecular weight is 227 g/mol. The molecule has 1 saturated heterocycles. The van der Waals surface area contributed by atoms with Crippen molar-refractivity contribution in [3.8, 4) is 0 Å². The van der Waals surface area contributed by atoms with Crippen LogP contribution in [0.1, 0.15) is 32.6 Å². The molecule has 0 aromatic carbocycles. The van der Waals surface area contributed by atoms with Crippen LogP contribution < -0.4 is 5.32 Å². The Labute approximate surface area is 101 Å². The van der Waals surface area contributed by atoms with E-state index in [9.17, 15) is 0 Å². The summed E-state index contributed by atoms with van der Waals surface area (Å²) < 4.78 is 0. The number of hydrogen-bond acceptors (Lipinski definition) is 3. The lowest BCUT2D eigenvalue weighted by Crippen LogP contribution is -2.50. The second kappa shape index (κ2) is 7.25. The molecule has 1 heterocycles. The molecule has 96 valence electrons. The van der Waals surface area contributed by atoms with Gasteiger partial charge in [-0.3, -0.25) is 4.90 Å². The molecule has 3 heteroatoms. The first kappa shape index (κ1) is 13.9. The van der Waals surface area contributed by atoms with E-state index in [1.54, 1.807) is 0 Å². The number of likely N-dealkylation sites (tertiary alicyclic amines) is 1. The van der Waals surface area contributed by atoms with Crippen molar-refractivity contribution in [3.63, 3.8) is 0 Å². The first-order valence-electron chi connectivity index (χ1n) is 6.71. The van der Waals surface area contributed by atoms with Crippen molar-refractivity contribution in [2.75, 3.05) is 40.8 Å². The number of rotatable bonds is 6. The molecule has 0 radical (unpaired) electrons. The Kier molecular flexibility index (Phi) is 6.32. The van der Waals surface area contributed by atoms with Gasteiger partial charge in [-0.15, -0.1) is 0 Å². The first-order valence-corrected chi connectivity index (χ1v) is 6.71. The standard InChI is InChI=1S/C13H29N3/c1-12(14-2)13-8-5-6-10-16(13)11-7-9-15(3)4/h12-14H,5-11H2,1-4H3. The lowest BCUT2D eigenvalue weighted by Gasteiger charge is -2.39. The molecule has 2 atom stereocenters. The second-order valence-corrected chi connectivity index (χ2v) is 5.33. The van der Waals surface area contributed by atoms with E-state index in [0.29, 0.717) is 6.04 Å². The van der Waals surface area contributed by atoms with Gasteiger partial charge >= 0.3 is 0 Å². The molecule has 1 rings (SSSR count). The molecule has 1 aliphatic heterocycles. The highest BCUT2D eigenvalue weighted by Gasteiger charge is 2.25. The number of piperidine rings is 1. The zero-order valence-electron chi connectivity index (χ0n) is 11.5. The summed E-state index contributed by atoms with van der Waals surface area (Å²) in [5, 5.41) is 3.41. The fourth-order valence-corrected chi connectivity index (χ4v) is 2.64. The van der Waals surface area contributed by atoms with Crippen LogP contribution in [0.25, 0.3) is 0 Å². The molecule has 3 nitrogen and oxygen atoms in total. The van der Waals surface area contributed by atoms with Gasteiger partial charge in [-0.2, -0.15) is 0 Å². The summed E-state index contributed by atoms with van der Waals surface area (Å²) in [5.74, 6) is 0. The molecular formula is C13H29N3. The molecule has 1 aliphatic rings. The largest absolute Gasteiger partial charge is 0.316 e. The molecule has 0 amide bonds. The van der Waals surface area contributed by atoms with Crippen LogP contribution in [0.5, 0.6) is 0 Å². The van der Waals surface area contributed by atoms with Crippen LogP contribution in [0.3, 0.4) is 0 Å². The van der Waals surface area contributed by atoms with Gasteiger partial charge in [0.25, 0.3) is 0 Å². The van der Waals surface area contributed by atoms with Crippen molar-refractivity contribution in [2.24, 2.45) is 0 Å². The molecule has 16 heavy (non-hydrogen) atoms. The summed E-state index contributed by atoms with van der Waals surface area (Å²) in [6, 6.07) is 1.38. The molecule has 1 N–H and O–H groups in total. The van der Waals surface area contributed by atoms with E-state index in [1.165, 1.54) is 45.3 Å². The predicted octanol–water partition coefficient (Wildman–Crippen LogP) is 1.40. The van der Waals surface area contributed by atoms with E-state index in [1.807, 2.05) is 0 Å². The quantitative estimate of drug-likeness (QED) is 0.740. The Balaban J connectivity index is 2.35. The van der Waals surface area contributed by atoms with E-state index in [0.717, 1.165) is 6.04 Å². The van der Waals surface area contributed by atoms with Crippen molar-refractivity contribution in [2.45, 2.75) is 44.7 Å². The van der Waals surface area contributed by atoms with Crippen LogP contribution in [-0.4, -0.2) is 62.7 Å². The van der Waals surface area contributed by atoms with Gasteiger partial charge in [-0.1, -0.05) is 6.42 Å². The third-order valence-electron chi connectivity index (χ3n) is 3.75. The van der Waals surface area contributed by atoms with Crippen molar-refractivity contribution in [1.82, 2.24) is 15.1 Å². The maximum atomic E-state index is 3.41. The molecule has 0 saturated carbocycles. The van der Waals surface area contributed by atoms with Crippen molar-refractivity contribution in [1.29, 1.82) is 0 Å². The Morgan fingerprint density at radius 3 is 2.75 bits per heavy atom. The van der Waals surface area contributed by atoms with Gasteiger partial charge in [-0.25, -0.2) is 0 Å². The summed E-state index contributed by atoms with van der Waals surface area (Å²) in [5.41, 5.74) is 0. The van der Waals surface area contributed by atoms with Crippen molar-refractivity contribution >= 4 is 0 Å². The molecule has 0 aromatic rings. The second-order valence-electron chi connectivity index (χ2n) is 5.33. The smallest absolute Gasteiger partial charge is 0.0246 e. The maximum absolute atomic E-state index is 3.41. The SMILES string of the molecule is CNC(C)C1CCCCN1CCCN(C)C. The third-order valence-corrected chi connectivity index (χ3v) is 3.75. The summed E-state index contributed by atoms with van der Waals surface area (Å²) in [6.45, 7) is 6.07. The van der Waals surface area contributed by atoms with Gasteiger partial charge in [0.1, 0.15) is 0 Å². The summed E-state index contributed by atoms with van der Waals surface area (Å²) in [4.78, 5) is 4.97. The summed E-state index contributed by atoms with van der Waals surface area (Å²) in [6.07, 6.45) is 5.44. The van der Waals surface area contributed by atoms with E-state index >= 15 is 0 Å². The van der Waals surface area contributed by atoms with Crippen LogP contribution in [-0.2, 0) is 0 Å². The summed E-state index contributed by atoms with van der Waals surface area (Å²) >= 11 is 0. The minimum atomic E-state index is 0.625. The number of nitrogens with zero attached hydrogens (tertiary/aromatic N) is 2. The van der Waals surface area contributed by atoms with Crippen LogP contribution >= 0.6 is 0 Å². The summed E-state index contributed by atoms with van der Waals surface area (Å²) in [7, 11) is 6.39. The van der Waals surface area contributed by atoms with E-state index in [2.05, 4.69) is 43.2 Å². The Bertz CT molecular complexity index is 182. The minimum Gasteiger partial charge on any atom is -0.316 e. The van der Waals surface area contributed by atoms with Gasteiger partial charge < -0.3 is 10.2 Å². The molecule has 0 aliphatic carbocycles. The average Bonchev–Trinajstić information content (AvgIpc) is 2.28. The first-order chi connectivity index (χ1) is 7.65. The van der Waals surface area contributed by atoms with Crippen LogP contribution in [0.2, 0.25) is 0 Å². The highest BCUT2D eigenvalue weighted by atomic mass is 15.2. The van der Waals surface area contributed by atoms with Gasteiger partial charge in [0.15, 0.2) is 0 Å². The normalized spacial score (nSPS) is 24.9. The minimum absolute atomic E-state index is 0.625. The van der Waals surface area contributed by atoms with E-state index in [-0.39, 0.29) is 0 Å². The van der Waals surface area contributed by atoms with Crippen molar-refractivity contribution in [3.05, 3.63) is 0 Å². The maximum Gasteiger partial charge on any atom is 0.0246 e. The monoisotopic (exact) mass is 227 g/mol. The zero-order chi connectivity index (χ0) is 12.0. The van der Waals surface area contributed by atoms with Crippen molar-refractivity contribution < 1.29 is 0 Å². The Hall–Kier alpha value is -0.120. The predicted molar refractivity (Wildman–Crippen MR) is 70.9 cm³/mol. The Morgan fingerprint density at radius 1 is 1.38 bits per heavy atom. The fourth-order valence-electron chi connectivity index (χ4n) is 2.64. The van der Waals surface area contributed by atoms with Gasteiger partial charge in [0.2, 0.25) is 0 Å². The number of likely N-dealkylation sites (N-methyl/N-ethyl adjacent to an activating group) is 1. The van der Waals surface area contributed by atoms with Gasteiger partial charge in [0.05, 0.1) is 0 Å². The van der Waals surface area contributed by atoms with Crippen LogP contribution in [0.4, 0.5) is 0 Å². The molecule has 0 aromatic heterocycles. The fraction of sp³-hybridized carbons (Fsp3) is 1.00. The molecule has 1 fully saturated rings. The lowest BCUT2D eigenvalue weighted by atomic mass is 9.96. The van der Waals surface area contributed by atoms with E-state index < -0.39 is 0 Å². The molecule has 2 unspecified atom stereocenters. The van der Waals surface area contributed by atoms with Gasteiger partial charge in [0, 0.05) is 12.1 Å². The van der Waals surface area contributed by atoms with E-state index in [4.69, 9.17) is 0 Å².